The number of para-hydroxylation sites is 1. The van der Waals surface area contributed by atoms with Gasteiger partial charge in [0, 0.05) is 22.8 Å². The molecule has 2 amide bonds. The van der Waals surface area contributed by atoms with E-state index < -0.39 is 0 Å². The van der Waals surface area contributed by atoms with Gasteiger partial charge in [-0.3, -0.25) is 14.9 Å². The van der Waals surface area contributed by atoms with E-state index in [1.54, 1.807) is 24.3 Å². The van der Waals surface area contributed by atoms with Gasteiger partial charge in [-0.15, -0.1) is 10.2 Å². The van der Waals surface area contributed by atoms with Crippen molar-refractivity contribution in [3.63, 3.8) is 0 Å². The van der Waals surface area contributed by atoms with Crippen molar-refractivity contribution in [1.82, 2.24) is 10.2 Å². The lowest BCUT2D eigenvalue weighted by Crippen LogP contribution is -2.36. The van der Waals surface area contributed by atoms with E-state index in [2.05, 4.69) is 21.6 Å². The van der Waals surface area contributed by atoms with Crippen molar-refractivity contribution in [3.05, 3.63) is 64.7 Å². The van der Waals surface area contributed by atoms with E-state index in [4.69, 9.17) is 11.6 Å². The van der Waals surface area contributed by atoms with Gasteiger partial charge in [-0.25, -0.2) is 0 Å². The molecule has 6 nitrogen and oxygen atoms in total. The summed E-state index contributed by atoms with van der Waals surface area (Å²) in [6.45, 7) is 0.730. The first kappa shape index (κ1) is 19.9. The van der Waals surface area contributed by atoms with Crippen LogP contribution in [-0.2, 0) is 11.2 Å². The molecule has 0 unspecified atom stereocenters. The van der Waals surface area contributed by atoms with Crippen molar-refractivity contribution >= 4 is 57.3 Å². The van der Waals surface area contributed by atoms with Gasteiger partial charge in [-0.1, -0.05) is 59.0 Å². The number of aromatic nitrogens is 2. The number of nitrogens with one attached hydrogen (secondary N) is 1. The number of aryl methyl sites for hydroxylation is 1. The predicted octanol–water partition coefficient (Wildman–Crippen LogP) is 4.52. The Balaban J connectivity index is 1.35. The van der Waals surface area contributed by atoms with Crippen molar-refractivity contribution < 1.29 is 9.59 Å². The van der Waals surface area contributed by atoms with E-state index in [-0.39, 0.29) is 17.6 Å². The number of benzene rings is 2. The molecule has 0 atom stereocenters. The molecule has 0 radical (unpaired) electrons. The van der Waals surface area contributed by atoms with Crippen LogP contribution in [0.3, 0.4) is 0 Å². The van der Waals surface area contributed by atoms with E-state index >= 15 is 0 Å². The van der Waals surface area contributed by atoms with Crippen LogP contribution in [0.2, 0.25) is 5.02 Å². The molecule has 3 aromatic rings. The van der Waals surface area contributed by atoms with Crippen LogP contribution in [0.4, 0.5) is 10.8 Å². The highest BCUT2D eigenvalue weighted by molar-refractivity contribution is 8.01. The highest BCUT2D eigenvalue weighted by Gasteiger charge is 2.22. The first-order valence-corrected chi connectivity index (χ1v) is 11.2. The van der Waals surface area contributed by atoms with Gasteiger partial charge in [-0.2, -0.15) is 0 Å². The van der Waals surface area contributed by atoms with Crippen LogP contribution in [0.15, 0.2) is 52.9 Å². The van der Waals surface area contributed by atoms with E-state index in [0.717, 1.165) is 25.1 Å². The van der Waals surface area contributed by atoms with Gasteiger partial charge in [0.25, 0.3) is 5.91 Å². The summed E-state index contributed by atoms with van der Waals surface area (Å²) in [6, 6.07) is 14.7. The molecule has 1 N–H and O–H groups in total. The van der Waals surface area contributed by atoms with Crippen molar-refractivity contribution in [2.75, 3.05) is 22.5 Å². The standard InChI is InChI=1S/C20H17ClN4O2S2/c21-15-8-3-6-14(11-15)18(27)22-19-23-24-20(29-19)28-12-17(26)25-10-4-7-13-5-1-2-9-16(13)25/h1-3,5-6,8-9,11H,4,7,10,12H2,(H,22,23,27). The van der Waals surface area contributed by atoms with Gasteiger partial charge < -0.3 is 4.90 Å². The molecule has 0 saturated heterocycles. The number of hydrogen-bond acceptors (Lipinski definition) is 6. The summed E-state index contributed by atoms with van der Waals surface area (Å²) in [5, 5.41) is 11.6. The Morgan fingerprint density at radius 2 is 2.03 bits per heavy atom. The van der Waals surface area contributed by atoms with Gasteiger partial charge >= 0.3 is 0 Å². The molecule has 2 aromatic carbocycles. The molecule has 4 rings (SSSR count). The maximum atomic E-state index is 12.7. The third-order valence-corrected chi connectivity index (χ3v) is 6.64. The van der Waals surface area contributed by atoms with Crippen LogP contribution < -0.4 is 10.2 Å². The minimum atomic E-state index is -0.304. The van der Waals surface area contributed by atoms with Gasteiger partial charge in [0.2, 0.25) is 11.0 Å². The third kappa shape index (κ3) is 4.77. The molecule has 148 valence electrons. The second kappa shape index (κ2) is 8.94. The summed E-state index contributed by atoms with van der Waals surface area (Å²) in [7, 11) is 0. The minimum Gasteiger partial charge on any atom is -0.311 e. The van der Waals surface area contributed by atoms with E-state index in [9.17, 15) is 9.59 Å². The van der Waals surface area contributed by atoms with Gasteiger partial charge in [0.1, 0.15) is 0 Å². The SMILES string of the molecule is O=C(Nc1nnc(SCC(=O)N2CCCc3ccccc32)s1)c1cccc(Cl)c1. The van der Waals surface area contributed by atoms with E-state index in [0.29, 0.717) is 20.1 Å². The number of fused-ring (bicyclic) bond motifs is 1. The Morgan fingerprint density at radius 1 is 1.17 bits per heavy atom. The molecule has 29 heavy (non-hydrogen) atoms. The molecular formula is C20H17ClN4O2S2. The number of halogens is 1. The van der Waals surface area contributed by atoms with Crippen LogP contribution in [0.25, 0.3) is 0 Å². The maximum Gasteiger partial charge on any atom is 0.257 e. The molecule has 0 fully saturated rings. The second-order valence-electron chi connectivity index (χ2n) is 6.40. The fourth-order valence-corrected chi connectivity index (χ4v) is 4.93. The van der Waals surface area contributed by atoms with Crippen LogP contribution in [0, 0.1) is 0 Å². The number of carbonyl (C=O) groups excluding carboxylic acids is 2. The van der Waals surface area contributed by atoms with Crippen LogP contribution in [0.5, 0.6) is 0 Å². The minimum absolute atomic E-state index is 0.0434. The number of anilines is 2. The molecule has 0 bridgehead atoms. The Bertz CT molecular complexity index is 1060. The zero-order chi connectivity index (χ0) is 20.2. The van der Waals surface area contributed by atoms with Crippen molar-refractivity contribution in [3.8, 4) is 0 Å². The first-order chi connectivity index (χ1) is 14.1. The van der Waals surface area contributed by atoms with Crippen molar-refractivity contribution in [1.29, 1.82) is 0 Å². The molecule has 1 aromatic heterocycles. The number of nitrogens with zero attached hydrogens (tertiary/aromatic N) is 3. The van der Waals surface area contributed by atoms with Gasteiger partial charge in [0.15, 0.2) is 4.34 Å². The van der Waals surface area contributed by atoms with Crippen molar-refractivity contribution in [2.24, 2.45) is 0 Å². The quantitative estimate of drug-likeness (QED) is 0.462. The summed E-state index contributed by atoms with van der Waals surface area (Å²) >= 11 is 8.48. The summed E-state index contributed by atoms with van der Waals surface area (Å²) in [5.74, 6) is 0.00800. The number of carbonyl (C=O) groups is 2. The van der Waals surface area contributed by atoms with Crippen molar-refractivity contribution in [2.45, 2.75) is 17.2 Å². The molecule has 9 heteroatoms. The van der Waals surface area contributed by atoms with Gasteiger partial charge in [0.05, 0.1) is 5.75 Å². The predicted molar refractivity (Wildman–Crippen MR) is 117 cm³/mol. The molecule has 0 aliphatic carbocycles. The summed E-state index contributed by atoms with van der Waals surface area (Å²) in [4.78, 5) is 26.8. The zero-order valence-electron chi connectivity index (χ0n) is 15.3. The molecule has 1 aliphatic heterocycles. The highest BCUT2D eigenvalue weighted by atomic mass is 35.5. The zero-order valence-corrected chi connectivity index (χ0v) is 17.7. The molecule has 0 spiro atoms. The van der Waals surface area contributed by atoms with E-state index in [1.165, 1.54) is 28.7 Å². The largest absolute Gasteiger partial charge is 0.311 e. The number of amides is 2. The van der Waals surface area contributed by atoms with E-state index in [1.807, 2.05) is 23.1 Å². The Kier molecular flexibility index (Phi) is 6.13. The number of thioether (sulfide) groups is 1. The van der Waals surface area contributed by atoms with Crippen LogP contribution >= 0.6 is 34.7 Å². The lowest BCUT2D eigenvalue weighted by atomic mass is 10.0. The lowest BCUT2D eigenvalue weighted by Gasteiger charge is -2.29. The summed E-state index contributed by atoms with van der Waals surface area (Å²) in [5.41, 5.74) is 2.65. The average Bonchev–Trinajstić information content (AvgIpc) is 3.19. The van der Waals surface area contributed by atoms with Crippen LogP contribution in [0.1, 0.15) is 22.3 Å². The topological polar surface area (TPSA) is 75.2 Å². The second-order valence-corrected chi connectivity index (χ2v) is 9.04. The molecule has 0 saturated carbocycles. The monoisotopic (exact) mass is 444 g/mol. The Labute approximate surface area is 181 Å². The Hall–Kier alpha value is -2.42. The smallest absolute Gasteiger partial charge is 0.257 e. The Morgan fingerprint density at radius 3 is 2.90 bits per heavy atom. The summed E-state index contributed by atoms with van der Waals surface area (Å²) < 4.78 is 0.630. The first-order valence-electron chi connectivity index (χ1n) is 9.01. The fourth-order valence-electron chi connectivity index (χ4n) is 3.11. The summed E-state index contributed by atoms with van der Waals surface area (Å²) in [6.07, 6.45) is 1.96. The fraction of sp³-hybridized carbons (Fsp3) is 0.200. The third-order valence-electron chi connectivity index (χ3n) is 4.44. The van der Waals surface area contributed by atoms with Gasteiger partial charge in [-0.05, 0) is 42.7 Å². The maximum absolute atomic E-state index is 12.7. The normalized spacial score (nSPS) is 13.1. The lowest BCUT2D eigenvalue weighted by molar-refractivity contribution is -0.116. The average molecular weight is 445 g/mol. The molecule has 2 heterocycles. The molecule has 1 aliphatic rings. The van der Waals surface area contributed by atoms with Crippen LogP contribution in [-0.4, -0.2) is 34.3 Å². The number of hydrogen-bond donors (Lipinski definition) is 1. The highest BCUT2D eigenvalue weighted by Crippen LogP contribution is 2.30. The molecular weight excluding hydrogens is 428 g/mol. The number of rotatable bonds is 5.